The smallest absolute Gasteiger partial charge is 0.296 e. The number of Topliss-reactive ketones (excluding diaryl/α,β-unsaturated/α-hetero) is 1. The predicted octanol–water partition coefficient (Wildman–Crippen LogP) is 3.53. The fourth-order valence-electron chi connectivity index (χ4n) is 3.06. The van der Waals surface area contributed by atoms with Crippen LogP contribution >= 0.6 is 11.3 Å². The third-order valence-electron chi connectivity index (χ3n) is 4.36. The summed E-state index contributed by atoms with van der Waals surface area (Å²) < 4.78 is 5.42. The van der Waals surface area contributed by atoms with Gasteiger partial charge in [-0.05, 0) is 31.5 Å². The second kappa shape index (κ2) is 6.48. The third-order valence-corrected chi connectivity index (χ3v) is 5.05. The molecule has 1 amide bonds. The minimum absolute atomic E-state index is 0.0339. The van der Waals surface area contributed by atoms with E-state index in [2.05, 4.69) is 10.2 Å². The van der Waals surface area contributed by atoms with E-state index >= 15 is 0 Å². The van der Waals surface area contributed by atoms with Crippen LogP contribution in [0.2, 0.25) is 0 Å². The molecule has 0 saturated heterocycles. The lowest BCUT2D eigenvalue weighted by Gasteiger charge is -2.23. The first kappa shape index (κ1) is 17.2. The van der Waals surface area contributed by atoms with Gasteiger partial charge in [-0.1, -0.05) is 41.2 Å². The van der Waals surface area contributed by atoms with Gasteiger partial charge in [0.2, 0.25) is 10.9 Å². The van der Waals surface area contributed by atoms with Crippen LogP contribution in [0, 0.1) is 13.8 Å². The second-order valence-corrected chi connectivity index (χ2v) is 7.02. The van der Waals surface area contributed by atoms with Crippen molar-refractivity contribution < 1.29 is 19.1 Å². The molecule has 0 spiro atoms. The van der Waals surface area contributed by atoms with Crippen LogP contribution in [-0.2, 0) is 4.79 Å². The van der Waals surface area contributed by atoms with Gasteiger partial charge in [0.15, 0.2) is 11.5 Å². The van der Waals surface area contributed by atoms with E-state index in [1.807, 2.05) is 31.2 Å². The Morgan fingerprint density at radius 3 is 2.52 bits per heavy atom. The van der Waals surface area contributed by atoms with Gasteiger partial charge in [0, 0.05) is 0 Å². The Bertz CT molecular complexity index is 1050. The highest BCUT2D eigenvalue weighted by Gasteiger charge is 2.46. The number of rotatable bonds is 4. The maximum Gasteiger partial charge on any atom is 0.296 e. The van der Waals surface area contributed by atoms with E-state index in [-0.39, 0.29) is 11.3 Å². The van der Waals surface area contributed by atoms with Gasteiger partial charge in [0.25, 0.3) is 5.91 Å². The van der Waals surface area contributed by atoms with Crippen molar-refractivity contribution in [2.24, 2.45) is 0 Å². The lowest BCUT2D eigenvalue weighted by atomic mass is 9.95. The number of amides is 1. The van der Waals surface area contributed by atoms with Crippen LogP contribution in [0.1, 0.15) is 33.5 Å². The largest absolute Gasteiger partial charge is 0.503 e. The maximum atomic E-state index is 13.1. The summed E-state index contributed by atoms with van der Waals surface area (Å²) in [5, 5.41) is 18.6. The summed E-state index contributed by atoms with van der Waals surface area (Å²) in [7, 11) is 0. The van der Waals surface area contributed by atoms with E-state index in [9.17, 15) is 14.7 Å². The highest BCUT2D eigenvalue weighted by atomic mass is 32.1. The van der Waals surface area contributed by atoms with E-state index in [4.69, 9.17) is 4.42 Å². The normalized spacial score (nSPS) is 17.0. The molecule has 0 bridgehead atoms. The Labute approximate surface area is 158 Å². The molecule has 1 unspecified atom stereocenters. The molecule has 0 saturated carbocycles. The molecule has 0 aliphatic carbocycles. The maximum absolute atomic E-state index is 13.1. The fraction of sp³-hybridized carbons (Fsp3) is 0.158. The highest BCUT2D eigenvalue weighted by Crippen LogP contribution is 2.42. The summed E-state index contributed by atoms with van der Waals surface area (Å²) in [6.45, 7) is 3.66. The van der Waals surface area contributed by atoms with Gasteiger partial charge in [-0.3, -0.25) is 14.5 Å². The van der Waals surface area contributed by atoms with Gasteiger partial charge < -0.3 is 9.52 Å². The number of aliphatic hydroxyl groups excluding tert-OH is 1. The number of aryl methyl sites for hydroxylation is 2. The zero-order chi connectivity index (χ0) is 19.1. The van der Waals surface area contributed by atoms with Crippen LogP contribution in [0.3, 0.4) is 0 Å². The van der Waals surface area contributed by atoms with Crippen molar-refractivity contribution in [1.29, 1.82) is 0 Å². The fourth-order valence-corrected chi connectivity index (χ4v) is 3.64. The summed E-state index contributed by atoms with van der Waals surface area (Å²) in [4.78, 5) is 27.1. The molecule has 7 nitrogen and oxygen atoms in total. The number of carbonyl (C=O) groups is 2. The highest BCUT2D eigenvalue weighted by molar-refractivity contribution is 7.13. The molecule has 4 rings (SSSR count). The second-order valence-electron chi connectivity index (χ2n) is 6.21. The van der Waals surface area contributed by atoms with Gasteiger partial charge >= 0.3 is 0 Å². The monoisotopic (exact) mass is 381 g/mol. The molecular weight excluding hydrogens is 366 g/mol. The Morgan fingerprint density at radius 2 is 1.93 bits per heavy atom. The molecule has 1 atom stereocenters. The molecule has 1 aromatic carbocycles. The number of benzene rings is 1. The minimum atomic E-state index is -0.816. The van der Waals surface area contributed by atoms with E-state index in [0.717, 1.165) is 16.9 Å². The van der Waals surface area contributed by atoms with E-state index in [1.54, 1.807) is 13.0 Å². The standard InChI is InChI=1S/C19H15N3O4S/c1-10-3-6-12(7-4-10)15-14(16(23)13-8-5-11(2)26-13)17(24)18(25)22(15)19-21-20-9-27-19/h3-9,15,24H,1-2H3. The number of anilines is 1. The summed E-state index contributed by atoms with van der Waals surface area (Å²) >= 11 is 1.15. The van der Waals surface area contributed by atoms with Crippen molar-refractivity contribution in [1.82, 2.24) is 10.2 Å². The van der Waals surface area contributed by atoms with Crippen LogP contribution in [0.25, 0.3) is 0 Å². The number of aliphatic hydroxyl groups is 1. The molecule has 1 N–H and O–H groups in total. The topological polar surface area (TPSA) is 96.5 Å². The molecule has 27 heavy (non-hydrogen) atoms. The van der Waals surface area contributed by atoms with Crippen molar-refractivity contribution in [2.45, 2.75) is 19.9 Å². The number of ketones is 1. The lowest BCUT2D eigenvalue weighted by Crippen LogP contribution is -2.31. The molecule has 3 heterocycles. The Morgan fingerprint density at radius 1 is 1.19 bits per heavy atom. The first-order chi connectivity index (χ1) is 13.0. The van der Waals surface area contributed by atoms with Crippen LogP contribution in [-0.4, -0.2) is 27.0 Å². The molecule has 3 aromatic rings. The lowest BCUT2D eigenvalue weighted by molar-refractivity contribution is -0.117. The van der Waals surface area contributed by atoms with Gasteiger partial charge in [0.1, 0.15) is 11.3 Å². The molecular formula is C19H15N3O4S. The molecule has 0 radical (unpaired) electrons. The van der Waals surface area contributed by atoms with Crippen LogP contribution in [0.4, 0.5) is 5.13 Å². The summed E-state index contributed by atoms with van der Waals surface area (Å²) in [5.41, 5.74) is 3.17. The SMILES string of the molecule is Cc1ccc(C2C(C(=O)c3ccc(C)o3)=C(O)C(=O)N2c2nncs2)cc1. The summed E-state index contributed by atoms with van der Waals surface area (Å²) in [6, 6.07) is 9.78. The van der Waals surface area contributed by atoms with Crippen molar-refractivity contribution in [2.75, 3.05) is 4.90 Å². The number of hydrogen-bond donors (Lipinski definition) is 1. The van der Waals surface area contributed by atoms with E-state index in [0.29, 0.717) is 16.5 Å². The van der Waals surface area contributed by atoms with E-state index in [1.165, 1.54) is 16.5 Å². The van der Waals surface area contributed by atoms with Crippen molar-refractivity contribution in [3.05, 3.63) is 75.9 Å². The van der Waals surface area contributed by atoms with Crippen LogP contribution in [0.15, 0.2) is 57.7 Å². The number of carbonyl (C=O) groups excluding carboxylic acids is 2. The Hall–Kier alpha value is -3.26. The first-order valence-electron chi connectivity index (χ1n) is 8.18. The zero-order valence-corrected chi connectivity index (χ0v) is 15.4. The third kappa shape index (κ3) is 2.83. The van der Waals surface area contributed by atoms with Crippen LogP contribution < -0.4 is 4.90 Å². The van der Waals surface area contributed by atoms with Crippen molar-refractivity contribution in [3.8, 4) is 0 Å². The van der Waals surface area contributed by atoms with Gasteiger partial charge in [-0.25, -0.2) is 0 Å². The van der Waals surface area contributed by atoms with Gasteiger partial charge in [0.05, 0.1) is 11.6 Å². The quantitative estimate of drug-likeness (QED) is 0.695. The number of aromatic nitrogens is 2. The summed E-state index contributed by atoms with van der Waals surface area (Å²) in [5.74, 6) is -1.20. The van der Waals surface area contributed by atoms with Crippen LogP contribution in [0.5, 0.6) is 0 Å². The van der Waals surface area contributed by atoms with Crippen molar-refractivity contribution in [3.63, 3.8) is 0 Å². The Kier molecular flexibility index (Phi) is 4.12. The van der Waals surface area contributed by atoms with Crippen molar-refractivity contribution >= 4 is 28.2 Å². The van der Waals surface area contributed by atoms with Gasteiger partial charge in [-0.2, -0.15) is 0 Å². The minimum Gasteiger partial charge on any atom is -0.503 e. The molecule has 1 aliphatic rings. The first-order valence-corrected chi connectivity index (χ1v) is 9.06. The molecule has 0 fully saturated rings. The molecule has 136 valence electrons. The zero-order valence-electron chi connectivity index (χ0n) is 14.5. The average Bonchev–Trinajstić information content (AvgIpc) is 3.37. The number of furan rings is 1. The average molecular weight is 381 g/mol. The molecule has 8 heteroatoms. The molecule has 1 aliphatic heterocycles. The number of hydrogen-bond acceptors (Lipinski definition) is 7. The molecule has 2 aromatic heterocycles. The predicted molar refractivity (Wildman–Crippen MR) is 98.7 cm³/mol. The van der Waals surface area contributed by atoms with E-state index < -0.39 is 23.5 Å². The summed E-state index contributed by atoms with van der Waals surface area (Å²) in [6.07, 6.45) is 0. The Balaban J connectivity index is 1.87. The van der Waals surface area contributed by atoms with Gasteiger partial charge in [-0.15, -0.1) is 10.2 Å². The number of nitrogens with zero attached hydrogens (tertiary/aromatic N) is 3.